The van der Waals surface area contributed by atoms with E-state index in [1.54, 1.807) is 16.4 Å². The summed E-state index contributed by atoms with van der Waals surface area (Å²) in [6.07, 6.45) is 0.882. The van der Waals surface area contributed by atoms with Crippen LogP contribution < -0.4 is 10.5 Å². The lowest BCUT2D eigenvalue weighted by atomic mass is 9.90. The molecule has 2 rings (SSSR count). The molecule has 1 aromatic carbocycles. The van der Waals surface area contributed by atoms with Gasteiger partial charge in [0.2, 0.25) is 10.0 Å². The van der Waals surface area contributed by atoms with Crippen LogP contribution in [-0.4, -0.2) is 32.4 Å². The third-order valence-electron chi connectivity index (χ3n) is 4.18. The molecule has 2 atom stereocenters. The van der Waals surface area contributed by atoms with Gasteiger partial charge >= 0.3 is 0 Å². The maximum atomic E-state index is 12.9. The first kappa shape index (κ1) is 16.1. The van der Waals surface area contributed by atoms with Crippen LogP contribution in [0, 0.1) is 11.8 Å². The Morgan fingerprint density at radius 3 is 2.67 bits per heavy atom. The van der Waals surface area contributed by atoms with Gasteiger partial charge in [-0.15, -0.1) is 0 Å². The molecule has 21 heavy (non-hydrogen) atoms. The van der Waals surface area contributed by atoms with Gasteiger partial charge in [0.1, 0.15) is 10.6 Å². The Hall–Kier alpha value is -1.27. The van der Waals surface area contributed by atoms with Gasteiger partial charge in [-0.2, -0.15) is 4.31 Å². The van der Waals surface area contributed by atoms with E-state index in [1.165, 1.54) is 6.07 Å². The second-order valence-corrected chi connectivity index (χ2v) is 7.65. The van der Waals surface area contributed by atoms with Crippen molar-refractivity contribution in [3.05, 3.63) is 18.2 Å². The number of nitrogens with zero attached hydrogens (tertiary/aromatic N) is 1. The summed E-state index contributed by atoms with van der Waals surface area (Å²) in [5.41, 5.74) is 6.19. The minimum absolute atomic E-state index is 0.172. The van der Waals surface area contributed by atoms with Crippen LogP contribution in [-0.2, 0) is 10.0 Å². The predicted molar refractivity (Wildman–Crippen MR) is 83.7 cm³/mol. The highest BCUT2D eigenvalue weighted by molar-refractivity contribution is 7.89. The van der Waals surface area contributed by atoms with Crippen LogP contribution in [0.3, 0.4) is 0 Å². The molecule has 118 valence electrons. The molecule has 5 nitrogen and oxygen atoms in total. The standard InChI is InChI=1S/C15H24N2O3S/c1-4-20-14-6-5-13(16)9-15(14)21(18,19)17-8-7-11(2)12(3)10-17/h5-6,9,11-12H,4,7-8,10,16H2,1-3H3. The van der Waals surface area contributed by atoms with E-state index in [2.05, 4.69) is 13.8 Å². The highest BCUT2D eigenvalue weighted by Crippen LogP contribution is 2.32. The average Bonchev–Trinajstić information content (AvgIpc) is 2.44. The normalized spacial score (nSPS) is 24.0. The summed E-state index contributed by atoms with van der Waals surface area (Å²) in [5.74, 6) is 1.27. The van der Waals surface area contributed by atoms with E-state index in [4.69, 9.17) is 10.5 Å². The third-order valence-corrected chi connectivity index (χ3v) is 6.07. The van der Waals surface area contributed by atoms with Gasteiger partial charge in [0.25, 0.3) is 0 Å². The van der Waals surface area contributed by atoms with Crippen LogP contribution in [0.5, 0.6) is 5.75 Å². The summed E-state index contributed by atoms with van der Waals surface area (Å²) in [6, 6.07) is 4.77. The number of rotatable bonds is 4. The van der Waals surface area contributed by atoms with Gasteiger partial charge in [0, 0.05) is 18.8 Å². The molecule has 0 saturated carbocycles. The van der Waals surface area contributed by atoms with Gasteiger partial charge in [0.15, 0.2) is 0 Å². The topological polar surface area (TPSA) is 72.6 Å². The molecule has 1 aromatic rings. The number of benzene rings is 1. The number of nitrogens with two attached hydrogens (primary N) is 1. The Bertz CT molecular complexity index is 601. The van der Waals surface area contributed by atoms with Gasteiger partial charge in [-0.05, 0) is 43.4 Å². The Labute approximate surface area is 127 Å². The Kier molecular flexibility index (Phi) is 4.78. The molecule has 0 radical (unpaired) electrons. The van der Waals surface area contributed by atoms with Crippen molar-refractivity contribution in [3.63, 3.8) is 0 Å². The smallest absolute Gasteiger partial charge is 0.246 e. The number of piperidine rings is 1. The van der Waals surface area contributed by atoms with E-state index in [0.717, 1.165) is 6.42 Å². The monoisotopic (exact) mass is 312 g/mol. The van der Waals surface area contributed by atoms with Crippen LogP contribution in [0.25, 0.3) is 0 Å². The Morgan fingerprint density at radius 1 is 1.33 bits per heavy atom. The summed E-state index contributed by atoms with van der Waals surface area (Å²) >= 11 is 0. The average molecular weight is 312 g/mol. The van der Waals surface area contributed by atoms with E-state index in [1.807, 2.05) is 6.92 Å². The van der Waals surface area contributed by atoms with Crippen LogP contribution in [0.2, 0.25) is 0 Å². The number of anilines is 1. The SMILES string of the molecule is CCOc1ccc(N)cc1S(=O)(=O)N1CCC(C)C(C)C1. The molecule has 2 N–H and O–H groups in total. The summed E-state index contributed by atoms with van der Waals surface area (Å²) in [5, 5.41) is 0. The molecule has 0 spiro atoms. The van der Waals surface area contributed by atoms with Crippen molar-refractivity contribution >= 4 is 15.7 Å². The fourth-order valence-electron chi connectivity index (χ4n) is 2.58. The quantitative estimate of drug-likeness (QED) is 0.866. The van der Waals surface area contributed by atoms with Gasteiger partial charge in [-0.3, -0.25) is 0 Å². The molecular formula is C15H24N2O3S. The van der Waals surface area contributed by atoms with E-state index in [-0.39, 0.29) is 4.90 Å². The highest BCUT2D eigenvalue weighted by atomic mass is 32.2. The van der Waals surface area contributed by atoms with E-state index in [9.17, 15) is 8.42 Å². The van der Waals surface area contributed by atoms with Crippen molar-refractivity contribution in [1.82, 2.24) is 4.31 Å². The molecule has 1 saturated heterocycles. The summed E-state index contributed by atoms with van der Waals surface area (Å²) < 4.78 is 32.8. The summed E-state index contributed by atoms with van der Waals surface area (Å²) in [6.45, 7) is 7.60. The van der Waals surface area contributed by atoms with Crippen molar-refractivity contribution in [3.8, 4) is 5.75 Å². The number of ether oxygens (including phenoxy) is 1. The third kappa shape index (κ3) is 3.32. The number of nitrogen functional groups attached to an aromatic ring is 1. The molecule has 6 heteroatoms. The molecule has 0 aliphatic carbocycles. The van der Waals surface area contributed by atoms with Crippen LogP contribution in [0.4, 0.5) is 5.69 Å². The first-order valence-electron chi connectivity index (χ1n) is 7.38. The van der Waals surface area contributed by atoms with Crippen LogP contribution >= 0.6 is 0 Å². The lowest BCUT2D eigenvalue weighted by Crippen LogP contribution is -2.42. The molecule has 0 amide bonds. The molecule has 1 heterocycles. The molecular weight excluding hydrogens is 288 g/mol. The second-order valence-electron chi connectivity index (χ2n) is 5.75. The minimum atomic E-state index is -3.57. The van der Waals surface area contributed by atoms with Gasteiger partial charge in [-0.25, -0.2) is 8.42 Å². The van der Waals surface area contributed by atoms with E-state index < -0.39 is 10.0 Å². The molecule has 2 unspecified atom stereocenters. The zero-order chi connectivity index (χ0) is 15.6. The highest BCUT2D eigenvalue weighted by Gasteiger charge is 2.33. The Balaban J connectivity index is 2.37. The van der Waals surface area contributed by atoms with Gasteiger partial charge in [0.05, 0.1) is 6.61 Å². The molecule has 0 bridgehead atoms. The number of hydrogen-bond donors (Lipinski definition) is 1. The maximum absolute atomic E-state index is 12.9. The Morgan fingerprint density at radius 2 is 2.05 bits per heavy atom. The van der Waals surface area contributed by atoms with Crippen molar-refractivity contribution in [2.45, 2.75) is 32.1 Å². The van der Waals surface area contributed by atoms with Gasteiger partial charge < -0.3 is 10.5 Å². The van der Waals surface area contributed by atoms with Crippen LogP contribution in [0.15, 0.2) is 23.1 Å². The predicted octanol–water partition coefficient (Wildman–Crippen LogP) is 2.33. The van der Waals surface area contributed by atoms with Crippen molar-refractivity contribution in [1.29, 1.82) is 0 Å². The summed E-state index contributed by atoms with van der Waals surface area (Å²) in [7, 11) is -3.57. The summed E-state index contributed by atoms with van der Waals surface area (Å²) in [4.78, 5) is 0.172. The van der Waals surface area contributed by atoms with Crippen molar-refractivity contribution in [2.75, 3.05) is 25.4 Å². The van der Waals surface area contributed by atoms with E-state index >= 15 is 0 Å². The zero-order valence-corrected chi connectivity index (χ0v) is 13.7. The first-order valence-corrected chi connectivity index (χ1v) is 8.82. The minimum Gasteiger partial charge on any atom is -0.492 e. The molecule has 1 aliphatic rings. The maximum Gasteiger partial charge on any atom is 0.246 e. The lowest BCUT2D eigenvalue weighted by molar-refractivity contribution is 0.212. The lowest BCUT2D eigenvalue weighted by Gasteiger charge is -2.34. The van der Waals surface area contributed by atoms with Crippen LogP contribution in [0.1, 0.15) is 27.2 Å². The molecule has 0 aromatic heterocycles. The molecule has 1 aliphatic heterocycles. The van der Waals surface area contributed by atoms with Crippen molar-refractivity contribution < 1.29 is 13.2 Å². The fourth-order valence-corrected chi connectivity index (χ4v) is 4.30. The first-order chi connectivity index (χ1) is 9.86. The van der Waals surface area contributed by atoms with Crippen molar-refractivity contribution in [2.24, 2.45) is 11.8 Å². The number of sulfonamides is 1. The zero-order valence-electron chi connectivity index (χ0n) is 12.9. The largest absolute Gasteiger partial charge is 0.492 e. The van der Waals surface area contributed by atoms with E-state index in [0.29, 0.717) is 43.0 Å². The second kappa shape index (κ2) is 6.23. The fraction of sp³-hybridized carbons (Fsp3) is 0.600. The van der Waals surface area contributed by atoms with Gasteiger partial charge in [-0.1, -0.05) is 13.8 Å². The number of hydrogen-bond acceptors (Lipinski definition) is 4. The molecule has 1 fully saturated rings.